The molecule has 2 N–H and O–H groups in total. The summed E-state index contributed by atoms with van der Waals surface area (Å²) >= 11 is 0. The Labute approximate surface area is 180 Å². The van der Waals surface area contributed by atoms with Gasteiger partial charge in [-0.25, -0.2) is 8.42 Å². The zero-order valence-electron chi connectivity index (χ0n) is 16.8. The van der Waals surface area contributed by atoms with Gasteiger partial charge in [0.15, 0.2) is 9.84 Å². The molecule has 4 aromatic rings. The molecule has 0 aliphatic carbocycles. The van der Waals surface area contributed by atoms with E-state index in [0.717, 1.165) is 22.6 Å². The van der Waals surface area contributed by atoms with Crippen molar-refractivity contribution in [3.63, 3.8) is 0 Å². The first-order valence-electron chi connectivity index (χ1n) is 9.71. The average Bonchev–Trinajstić information content (AvgIpc) is 2.78. The summed E-state index contributed by atoms with van der Waals surface area (Å²) in [4.78, 5) is 13.2. The number of amides is 1. The molecule has 1 amide bonds. The van der Waals surface area contributed by atoms with Gasteiger partial charge < -0.3 is 10.4 Å². The minimum Gasteiger partial charge on any atom is -0.508 e. The van der Waals surface area contributed by atoms with Crippen molar-refractivity contribution in [1.82, 2.24) is 5.32 Å². The molecule has 0 aliphatic rings. The highest BCUT2D eigenvalue weighted by Crippen LogP contribution is 2.36. The van der Waals surface area contributed by atoms with E-state index in [1.165, 1.54) is 18.2 Å². The van der Waals surface area contributed by atoms with E-state index in [4.69, 9.17) is 0 Å². The Morgan fingerprint density at radius 1 is 0.871 bits per heavy atom. The van der Waals surface area contributed by atoms with Crippen molar-refractivity contribution in [2.45, 2.75) is 10.9 Å². The van der Waals surface area contributed by atoms with E-state index >= 15 is 0 Å². The standard InChI is InChI=1S/C25H21NO4S/c1-31(29,30)20-12-7-11-19(16-20)25(28)26-24(18-9-3-2-4-10-18)23-21-13-6-5-8-17(21)14-15-22(23)27/h2-16,24,27H,1H3,(H,26,28). The number of sulfone groups is 1. The molecule has 31 heavy (non-hydrogen) atoms. The van der Waals surface area contributed by atoms with Gasteiger partial charge in [0.1, 0.15) is 5.75 Å². The third kappa shape index (κ3) is 4.29. The van der Waals surface area contributed by atoms with E-state index in [-0.39, 0.29) is 16.2 Å². The number of hydrogen-bond acceptors (Lipinski definition) is 4. The van der Waals surface area contributed by atoms with Gasteiger partial charge in [0.25, 0.3) is 5.91 Å². The summed E-state index contributed by atoms with van der Waals surface area (Å²) in [5, 5.41) is 15.5. The summed E-state index contributed by atoms with van der Waals surface area (Å²) in [5.41, 5.74) is 1.60. The highest BCUT2D eigenvalue weighted by molar-refractivity contribution is 7.90. The summed E-state index contributed by atoms with van der Waals surface area (Å²) in [5.74, 6) is -0.371. The Morgan fingerprint density at radius 3 is 2.32 bits per heavy atom. The van der Waals surface area contributed by atoms with Crippen molar-refractivity contribution in [2.75, 3.05) is 6.26 Å². The van der Waals surface area contributed by atoms with Crippen molar-refractivity contribution in [1.29, 1.82) is 0 Å². The summed E-state index contributed by atoms with van der Waals surface area (Å²) in [6, 6.07) is 25.7. The maximum Gasteiger partial charge on any atom is 0.252 e. The number of phenols is 1. The minimum atomic E-state index is -3.45. The molecule has 156 valence electrons. The Balaban J connectivity index is 1.82. The average molecular weight is 432 g/mol. The Hall–Kier alpha value is -3.64. The van der Waals surface area contributed by atoms with Crippen molar-refractivity contribution in [2.24, 2.45) is 0 Å². The van der Waals surface area contributed by atoms with Crippen LogP contribution in [0.1, 0.15) is 27.5 Å². The molecule has 0 saturated heterocycles. The zero-order valence-corrected chi connectivity index (χ0v) is 17.6. The van der Waals surface area contributed by atoms with Crippen LogP contribution in [0.2, 0.25) is 0 Å². The monoisotopic (exact) mass is 431 g/mol. The fourth-order valence-corrected chi connectivity index (χ4v) is 4.30. The number of rotatable bonds is 5. The van der Waals surface area contributed by atoms with Crippen molar-refractivity contribution in [3.8, 4) is 5.75 Å². The van der Waals surface area contributed by atoms with Gasteiger partial charge in [0, 0.05) is 17.4 Å². The van der Waals surface area contributed by atoms with E-state index in [1.54, 1.807) is 12.1 Å². The predicted octanol–water partition coefficient (Wildman–Crippen LogP) is 4.47. The van der Waals surface area contributed by atoms with Gasteiger partial charge in [-0.05, 0) is 40.6 Å². The van der Waals surface area contributed by atoms with Crippen molar-refractivity contribution >= 4 is 26.5 Å². The van der Waals surface area contributed by atoms with Crippen LogP contribution in [0.5, 0.6) is 5.75 Å². The largest absolute Gasteiger partial charge is 0.508 e. The molecule has 0 radical (unpaired) electrons. The van der Waals surface area contributed by atoms with E-state index < -0.39 is 21.8 Å². The second kappa shape index (κ2) is 8.24. The summed E-state index contributed by atoms with van der Waals surface area (Å²) in [7, 11) is -3.45. The topological polar surface area (TPSA) is 83.5 Å². The first kappa shape index (κ1) is 20.6. The van der Waals surface area contributed by atoms with Gasteiger partial charge in [0.2, 0.25) is 0 Å². The number of phenolic OH excluding ortho intramolecular Hbond substituents is 1. The molecule has 0 aromatic heterocycles. The van der Waals surface area contributed by atoms with Crippen LogP contribution in [0.3, 0.4) is 0 Å². The third-order valence-corrected chi connectivity index (χ3v) is 6.28. The van der Waals surface area contributed by atoms with Crippen LogP contribution in [0, 0.1) is 0 Å². The summed E-state index contributed by atoms with van der Waals surface area (Å²) in [6.07, 6.45) is 1.10. The summed E-state index contributed by atoms with van der Waals surface area (Å²) in [6.45, 7) is 0. The molecular weight excluding hydrogens is 410 g/mol. The van der Waals surface area contributed by atoms with Crippen LogP contribution in [-0.2, 0) is 9.84 Å². The summed E-state index contributed by atoms with van der Waals surface area (Å²) < 4.78 is 23.8. The molecule has 0 spiro atoms. The number of fused-ring (bicyclic) bond motifs is 1. The first-order chi connectivity index (χ1) is 14.8. The lowest BCUT2D eigenvalue weighted by atomic mass is 9.92. The van der Waals surface area contributed by atoms with E-state index in [9.17, 15) is 18.3 Å². The molecule has 0 heterocycles. The lowest BCUT2D eigenvalue weighted by Gasteiger charge is -2.23. The zero-order chi connectivity index (χ0) is 22.0. The van der Waals surface area contributed by atoms with Gasteiger partial charge in [-0.2, -0.15) is 0 Å². The number of aromatic hydroxyl groups is 1. The molecule has 5 nitrogen and oxygen atoms in total. The van der Waals surface area contributed by atoms with E-state index in [0.29, 0.717) is 5.56 Å². The smallest absolute Gasteiger partial charge is 0.252 e. The molecule has 6 heteroatoms. The van der Waals surface area contributed by atoms with Crippen LogP contribution in [0.25, 0.3) is 10.8 Å². The van der Waals surface area contributed by atoms with Gasteiger partial charge in [-0.15, -0.1) is 0 Å². The maximum absolute atomic E-state index is 13.1. The van der Waals surface area contributed by atoms with Gasteiger partial charge in [-0.1, -0.05) is 66.7 Å². The number of benzene rings is 4. The number of carbonyl (C=O) groups is 1. The molecule has 0 bridgehead atoms. The van der Waals surface area contributed by atoms with Crippen molar-refractivity contribution < 1.29 is 18.3 Å². The number of nitrogens with one attached hydrogen (secondary N) is 1. The fourth-order valence-electron chi connectivity index (χ4n) is 3.64. The van der Waals surface area contributed by atoms with Gasteiger partial charge in [0.05, 0.1) is 10.9 Å². The molecule has 4 aromatic carbocycles. The molecule has 1 unspecified atom stereocenters. The second-order valence-corrected chi connectivity index (χ2v) is 9.35. The Morgan fingerprint density at radius 2 is 1.58 bits per heavy atom. The van der Waals surface area contributed by atoms with Gasteiger partial charge >= 0.3 is 0 Å². The van der Waals surface area contributed by atoms with Crippen LogP contribution >= 0.6 is 0 Å². The maximum atomic E-state index is 13.1. The minimum absolute atomic E-state index is 0.0674. The van der Waals surface area contributed by atoms with Crippen LogP contribution < -0.4 is 5.32 Å². The fraction of sp³-hybridized carbons (Fsp3) is 0.0800. The highest BCUT2D eigenvalue weighted by atomic mass is 32.2. The Bertz CT molecular complexity index is 1360. The second-order valence-electron chi connectivity index (χ2n) is 7.34. The van der Waals surface area contributed by atoms with E-state index in [1.807, 2.05) is 60.7 Å². The van der Waals surface area contributed by atoms with Crippen LogP contribution in [0.4, 0.5) is 0 Å². The van der Waals surface area contributed by atoms with Crippen LogP contribution in [0.15, 0.2) is 95.9 Å². The highest BCUT2D eigenvalue weighted by Gasteiger charge is 2.23. The number of hydrogen-bond donors (Lipinski definition) is 2. The van der Waals surface area contributed by atoms with E-state index in [2.05, 4.69) is 5.32 Å². The lowest BCUT2D eigenvalue weighted by molar-refractivity contribution is 0.0942. The van der Waals surface area contributed by atoms with Gasteiger partial charge in [-0.3, -0.25) is 4.79 Å². The lowest BCUT2D eigenvalue weighted by Crippen LogP contribution is -2.29. The van der Waals surface area contributed by atoms with Crippen LogP contribution in [-0.4, -0.2) is 25.7 Å². The molecule has 0 fully saturated rings. The molecule has 0 aliphatic heterocycles. The molecular formula is C25H21NO4S. The third-order valence-electron chi connectivity index (χ3n) is 5.17. The number of carbonyl (C=O) groups excluding carboxylic acids is 1. The van der Waals surface area contributed by atoms with Crippen molar-refractivity contribution in [3.05, 3.63) is 108 Å². The quantitative estimate of drug-likeness (QED) is 0.488. The first-order valence-corrected chi connectivity index (χ1v) is 11.6. The normalized spacial score (nSPS) is 12.4. The molecule has 1 atom stereocenters. The molecule has 0 saturated carbocycles. The SMILES string of the molecule is CS(=O)(=O)c1cccc(C(=O)NC(c2ccccc2)c2c(O)ccc3ccccc23)c1. The Kier molecular flexibility index (Phi) is 5.48. The molecule has 4 rings (SSSR count). The predicted molar refractivity (Wildman–Crippen MR) is 121 cm³/mol.